The molecule has 33 heavy (non-hydrogen) atoms. The average Bonchev–Trinajstić information content (AvgIpc) is 2.74. The molecule has 0 bridgehead atoms. The van der Waals surface area contributed by atoms with Gasteiger partial charge < -0.3 is 19.7 Å². The predicted molar refractivity (Wildman–Crippen MR) is 109 cm³/mol. The van der Waals surface area contributed by atoms with Crippen molar-refractivity contribution < 1.29 is 41.2 Å². The summed E-state index contributed by atoms with van der Waals surface area (Å²) in [4.78, 5) is 22.1. The Morgan fingerprint density at radius 2 is 1.76 bits per heavy atom. The van der Waals surface area contributed by atoms with Gasteiger partial charge in [0.25, 0.3) is 5.91 Å². The number of nitrogens with one attached hydrogen (secondary N) is 1. The lowest BCUT2D eigenvalue weighted by Gasteiger charge is -2.15. The molecule has 2 rings (SSSR count). The molecule has 2 aromatic carbocycles. The smallest absolute Gasteiger partial charge is 0.402 e. The summed E-state index contributed by atoms with van der Waals surface area (Å²) < 4.78 is 69.8. The summed E-state index contributed by atoms with van der Waals surface area (Å²) in [6.07, 6.45) is -5.25. The zero-order valence-corrected chi connectivity index (χ0v) is 18.0. The van der Waals surface area contributed by atoms with Gasteiger partial charge in [0.15, 0.2) is 17.3 Å². The van der Waals surface area contributed by atoms with Crippen LogP contribution in [0.4, 0.5) is 22.0 Å². The molecule has 1 amide bonds. The molecule has 1 N–H and O–H groups in total. The van der Waals surface area contributed by atoms with Gasteiger partial charge in [0.1, 0.15) is 19.5 Å². The zero-order valence-electron chi connectivity index (χ0n) is 18.0. The lowest BCUT2D eigenvalue weighted by Crippen LogP contribution is -2.29. The van der Waals surface area contributed by atoms with Crippen LogP contribution in [0.2, 0.25) is 0 Å². The van der Waals surface area contributed by atoms with Crippen LogP contribution in [0.5, 0.6) is 5.75 Å². The minimum Gasteiger partial charge on any atom is -0.402 e. The Morgan fingerprint density at radius 1 is 1.09 bits per heavy atom. The molecular formula is C21H20F5N3O4. The number of nitrogens with zero attached hydrogens (tertiary/aromatic N) is 2. The molecule has 0 aliphatic rings. The van der Waals surface area contributed by atoms with Crippen molar-refractivity contribution in [2.45, 2.75) is 26.8 Å². The Bertz CT molecular complexity index is 1080. The van der Waals surface area contributed by atoms with Gasteiger partial charge >= 0.3 is 6.36 Å². The van der Waals surface area contributed by atoms with Gasteiger partial charge in [-0.05, 0) is 31.5 Å². The van der Waals surface area contributed by atoms with Crippen LogP contribution in [0.1, 0.15) is 29.2 Å². The van der Waals surface area contributed by atoms with E-state index in [4.69, 9.17) is 9.68 Å². The van der Waals surface area contributed by atoms with Crippen LogP contribution in [0.3, 0.4) is 0 Å². The number of benzene rings is 2. The van der Waals surface area contributed by atoms with E-state index in [1.54, 1.807) is 25.1 Å². The Labute approximate surface area is 185 Å². The van der Waals surface area contributed by atoms with E-state index in [-0.39, 0.29) is 12.3 Å². The molecular weight excluding hydrogens is 453 g/mol. The first-order chi connectivity index (χ1) is 15.5. The fourth-order valence-electron chi connectivity index (χ4n) is 2.86. The second kappa shape index (κ2) is 10.7. The maximum absolute atomic E-state index is 14.2. The molecule has 0 saturated heterocycles. The summed E-state index contributed by atoms with van der Waals surface area (Å²) in [6, 6.07) is 6.11. The van der Waals surface area contributed by atoms with Crippen molar-refractivity contribution in [1.29, 1.82) is 0 Å². The van der Waals surface area contributed by atoms with Crippen LogP contribution in [-0.2, 0) is 21.1 Å². The monoisotopic (exact) mass is 473 g/mol. The Hall–Kier alpha value is -3.70. The number of ether oxygens (including phenoxy) is 1. The number of oxime groups is 2. The lowest BCUT2D eigenvalue weighted by atomic mass is 9.98. The Balaban J connectivity index is 2.40. The molecule has 0 aromatic heterocycles. The first-order valence-corrected chi connectivity index (χ1v) is 9.32. The standard InChI is InChI=1S/C21H20F5N3O4/c1-11-6-5-7-13(18(29-31-4)20(30)27-3)14(11)10-32-28-12(2)17-15(22)8-9-16(23)19(17)33-21(24,25)26/h5-9H,10H2,1-4H3,(H,27,30)/b28-12+,29-18+. The highest BCUT2D eigenvalue weighted by Gasteiger charge is 2.35. The van der Waals surface area contributed by atoms with Crippen molar-refractivity contribution in [3.63, 3.8) is 0 Å². The van der Waals surface area contributed by atoms with Crippen LogP contribution < -0.4 is 10.1 Å². The third-order valence-electron chi connectivity index (χ3n) is 4.34. The molecule has 7 nitrogen and oxygen atoms in total. The van der Waals surface area contributed by atoms with E-state index < -0.39 is 40.9 Å². The number of amides is 1. The summed E-state index contributed by atoms with van der Waals surface area (Å²) in [5, 5.41) is 9.78. The van der Waals surface area contributed by atoms with E-state index in [0.29, 0.717) is 28.8 Å². The number of hydrogen-bond donors (Lipinski definition) is 1. The molecule has 178 valence electrons. The highest BCUT2D eigenvalue weighted by atomic mass is 19.4. The minimum atomic E-state index is -5.25. The van der Waals surface area contributed by atoms with Gasteiger partial charge in [-0.2, -0.15) is 0 Å². The van der Waals surface area contributed by atoms with Gasteiger partial charge in [-0.1, -0.05) is 28.5 Å². The van der Waals surface area contributed by atoms with Crippen LogP contribution in [0.15, 0.2) is 40.6 Å². The Morgan fingerprint density at radius 3 is 2.36 bits per heavy atom. The molecule has 0 aliphatic carbocycles. The van der Waals surface area contributed by atoms with Gasteiger partial charge in [0, 0.05) is 18.2 Å². The van der Waals surface area contributed by atoms with Gasteiger partial charge in [-0.25, -0.2) is 8.78 Å². The van der Waals surface area contributed by atoms with Gasteiger partial charge in [-0.15, -0.1) is 13.2 Å². The lowest BCUT2D eigenvalue weighted by molar-refractivity contribution is -0.275. The van der Waals surface area contributed by atoms with Crippen LogP contribution in [0, 0.1) is 18.6 Å². The number of likely N-dealkylation sites (N-methyl/N-ethyl adjacent to an activating group) is 1. The van der Waals surface area contributed by atoms with Crippen molar-refractivity contribution >= 4 is 17.3 Å². The molecule has 0 radical (unpaired) electrons. The molecule has 0 unspecified atom stereocenters. The highest BCUT2D eigenvalue weighted by molar-refractivity contribution is 6.45. The third kappa shape index (κ3) is 6.40. The fourth-order valence-corrected chi connectivity index (χ4v) is 2.86. The number of alkyl halides is 3. The van der Waals surface area contributed by atoms with Crippen molar-refractivity contribution in [3.8, 4) is 5.75 Å². The minimum absolute atomic E-state index is 0.0555. The first kappa shape index (κ1) is 25.6. The first-order valence-electron chi connectivity index (χ1n) is 9.32. The topological polar surface area (TPSA) is 81.5 Å². The van der Waals surface area contributed by atoms with E-state index in [9.17, 15) is 26.7 Å². The van der Waals surface area contributed by atoms with Crippen molar-refractivity contribution in [3.05, 3.63) is 64.2 Å². The number of aryl methyl sites for hydroxylation is 1. The second-order valence-electron chi connectivity index (χ2n) is 6.53. The van der Waals surface area contributed by atoms with Crippen LogP contribution >= 0.6 is 0 Å². The number of rotatable bonds is 8. The predicted octanol–water partition coefficient (Wildman–Crippen LogP) is 4.21. The summed E-state index contributed by atoms with van der Waals surface area (Å²) in [5.74, 6) is -4.52. The molecule has 0 saturated carbocycles. The molecule has 0 aliphatic heterocycles. The number of hydrogen-bond acceptors (Lipinski definition) is 6. The van der Waals surface area contributed by atoms with Crippen LogP contribution in [-0.4, -0.2) is 37.9 Å². The van der Waals surface area contributed by atoms with Gasteiger partial charge in [0.05, 0.1) is 11.3 Å². The van der Waals surface area contributed by atoms with E-state index in [0.717, 1.165) is 6.92 Å². The normalized spacial score (nSPS) is 12.4. The molecule has 0 atom stereocenters. The molecule has 0 spiro atoms. The van der Waals surface area contributed by atoms with Crippen LogP contribution in [0.25, 0.3) is 0 Å². The number of carbonyl (C=O) groups excluding carboxylic acids is 1. The largest absolute Gasteiger partial charge is 0.573 e. The Kier molecular flexibility index (Phi) is 8.32. The van der Waals surface area contributed by atoms with Gasteiger partial charge in [0.2, 0.25) is 0 Å². The second-order valence-corrected chi connectivity index (χ2v) is 6.53. The van der Waals surface area contributed by atoms with Gasteiger partial charge in [-0.3, -0.25) is 4.79 Å². The fraction of sp³-hybridized carbons (Fsp3) is 0.286. The van der Waals surface area contributed by atoms with E-state index in [2.05, 4.69) is 20.4 Å². The molecule has 0 heterocycles. The maximum atomic E-state index is 14.2. The summed E-state index contributed by atoms with van der Waals surface area (Å²) >= 11 is 0. The number of carbonyl (C=O) groups is 1. The summed E-state index contributed by atoms with van der Waals surface area (Å²) in [6.45, 7) is 2.57. The average molecular weight is 473 g/mol. The molecule has 0 fully saturated rings. The maximum Gasteiger partial charge on any atom is 0.573 e. The van der Waals surface area contributed by atoms with Crippen molar-refractivity contribution in [2.24, 2.45) is 10.3 Å². The SMILES string of the molecule is CNC(=O)/C(=N/OC)c1cccc(C)c1CO/N=C(\C)c1c(F)ccc(F)c1OC(F)(F)F. The highest BCUT2D eigenvalue weighted by Crippen LogP contribution is 2.31. The van der Waals surface area contributed by atoms with Crippen molar-refractivity contribution in [2.75, 3.05) is 14.2 Å². The van der Waals surface area contributed by atoms with E-state index >= 15 is 0 Å². The van der Waals surface area contributed by atoms with Crippen molar-refractivity contribution in [1.82, 2.24) is 5.32 Å². The molecule has 12 heteroatoms. The number of halogens is 5. The summed E-state index contributed by atoms with van der Waals surface area (Å²) in [5.41, 5.74) is 0.177. The quantitative estimate of drug-likeness (QED) is 0.354. The third-order valence-corrected chi connectivity index (χ3v) is 4.34. The zero-order chi connectivity index (χ0) is 24.8. The molecule has 2 aromatic rings. The summed E-state index contributed by atoms with van der Waals surface area (Å²) in [7, 11) is 2.66. The van der Waals surface area contributed by atoms with E-state index in [1.165, 1.54) is 14.2 Å². The van der Waals surface area contributed by atoms with E-state index in [1.807, 2.05) is 0 Å².